The summed E-state index contributed by atoms with van der Waals surface area (Å²) in [5.41, 5.74) is 0.552. The zero-order valence-electron chi connectivity index (χ0n) is 13.8. The van der Waals surface area contributed by atoms with Crippen molar-refractivity contribution in [1.82, 2.24) is 9.55 Å². The lowest BCUT2D eigenvalue weighted by molar-refractivity contribution is -0.139. The minimum atomic E-state index is -0.433. The van der Waals surface area contributed by atoms with Gasteiger partial charge < -0.3 is 4.74 Å². The molecule has 0 radical (unpaired) electrons. The first-order valence-corrected chi connectivity index (χ1v) is 8.61. The van der Waals surface area contributed by atoms with Gasteiger partial charge in [-0.15, -0.1) is 0 Å². The van der Waals surface area contributed by atoms with Gasteiger partial charge in [-0.2, -0.15) is 0 Å². The molecule has 0 amide bonds. The summed E-state index contributed by atoms with van der Waals surface area (Å²) in [6.45, 7) is 4.13. The molecule has 0 aliphatic heterocycles. The number of benzene rings is 2. The van der Waals surface area contributed by atoms with Gasteiger partial charge in [0.1, 0.15) is 5.25 Å². The van der Waals surface area contributed by atoms with E-state index in [-0.39, 0.29) is 11.5 Å². The molecule has 1 heterocycles. The van der Waals surface area contributed by atoms with Crippen LogP contribution in [0.15, 0.2) is 46.3 Å². The first-order chi connectivity index (χ1) is 11.5. The highest BCUT2D eigenvalue weighted by atomic mass is 32.2. The van der Waals surface area contributed by atoms with E-state index >= 15 is 0 Å². The molecular formula is C18H18N2O3S. The molecule has 124 valence electrons. The Labute approximate surface area is 143 Å². The van der Waals surface area contributed by atoms with E-state index in [4.69, 9.17) is 4.74 Å². The number of methoxy groups -OCH3 is 1. The summed E-state index contributed by atoms with van der Waals surface area (Å²) in [5.74, 6) is -0.337. The van der Waals surface area contributed by atoms with Crippen LogP contribution in [-0.2, 0) is 16.1 Å². The summed E-state index contributed by atoms with van der Waals surface area (Å²) in [6, 6.07) is 11.7. The van der Waals surface area contributed by atoms with E-state index in [1.54, 1.807) is 11.5 Å². The fraction of sp³-hybridized carbons (Fsp3) is 0.278. The van der Waals surface area contributed by atoms with Gasteiger partial charge in [-0.25, -0.2) is 4.98 Å². The summed E-state index contributed by atoms with van der Waals surface area (Å²) in [7, 11) is 1.35. The molecule has 0 spiro atoms. The molecule has 3 aromatic rings. The van der Waals surface area contributed by atoms with Crippen LogP contribution < -0.4 is 5.56 Å². The van der Waals surface area contributed by atoms with Crippen molar-refractivity contribution in [2.75, 3.05) is 7.11 Å². The first kappa shape index (κ1) is 16.5. The molecule has 0 saturated carbocycles. The van der Waals surface area contributed by atoms with Crippen molar-refractivity contribution in [3.05, 3.63) is 46.8 Å². The van der Waals surface area contributed by atoms with Crippen LogP contribution >= 0.6 is 11.8 Å². The average Bonchev–Trinajstić information content (AvgIpc) is 2.60. The maximum absolute atomic E-state index is 12.8. The van der Waals surface area contributed by atoms with Crippen LogP contribution in [0.4, 0.5) is 0 Å². The molecule has 0 saturated heterocycles. The highest BCUT2D eigenvalue weighted by molar-refractivity contribution is 8.00. The monoisotopic (exact) mass is 342 g/mol. The highest BCUT2D eigenvalue weighted by Gasteiger charge is 2.19. The Hall–Kier alpha value is -2.34. The van der Waals surface area contributed by atoms with Crippen LogP contribution in [0.3, 0.4) is 0 Å². The minimum absolute atomic E-state index is 0.0900. The highest BCUT2D eigenvalue weighted by Crippen LogP contribution is 2.25. The Morgan fingerprint density at radius 3 is 2.58 bits per heavy atom. The van der Waals surface area contributed by atoms with Gasteiger partial charge in [0.2, 0.25) is 0 Å². The fourth-order valence-corrected chi connectivity index (χ4v) is 3.63. The second-order valence-corrected chi connectivity index (χ2v) is 6.75. The molecule has 0 bridgehead atoms. The second kappa shape index (κ2) is 6.65. The van der Waals surface area contributed by atoms with Crippen LogP contribution in [0.2, 0.25) is 0 Å². The molecule has 3 rings (SSSR count). The summed E-state index contributed by atoms with van der Waals surface area (Å²) in [6.07, 6.45) is 0. The smallest absolute Gasteiger partial charge is 0.318 e. The molecule has 0 aliphatic rings. The van der Waals surface area contributed by atoms with Crippen molar-refractivity contribution < 1.29 is 9.53 Å². The number of esters is 1. The number of fused-ring (bicyclic) bond motifs is 2. The van der Waals surface area contributed by atoms with Crippen LogP contribution in [-0.4, -0.2) is 27.9 Å². The van der Waals surface area contributed by atoms with Gasteiger partial charge in [-0.3, -0.25) is 14.2 Å². The van der Waals surface area contributed by atoms with E-state index in [1.807, 2.05) is 43.3 Å². The Balaban J connectivity index is 2.20. The molecule has 1 aromatic heterocycles. The van der Waals surface area contributed by atoms with Gasteiger partial charge in [0.25, 0.3) is 5.56 Å². The molecule has 6 heteroatoms. The number of nitrogens with zero attached hydrogens (tertiary/aromatic N) is 2. The number of hydrogen-bond donors (Lipinski definition) is 0. The largest absolute Gasteiger partial charge is 0.468 e. The number of thioether (sulfide) groups is 1. The zero-order valence-corrected chi connectivity index (χ0v) is 14.6. The minimum Gasteiger partial charge on any atom is -0.468 e. The van der Waals surface area contributed by atoms with Crippen molar-refractivity contribution in [3.63, 3.8) is 0 Å². The van der Waals surface area contributed by atoms with Gasteiger partial charge in [0.05, 0.1) is 18.0 Å². The van der Waals surface area contributed by atoms with E-state index in [1.165, 1.54) is 18.9 Å². The van der Waals surface area contributed by atoms with E-state index in [0.29, 0.717) is 22.6 Å². The maximum atomic E-state index is 12.8. The SMILES string of the molecule is CCn1c(S[C@@H](C)C(=O)OC)nc2cc3ccccc3cc2c1=O. The first-order valence-electron chi connectivity index (χ1n) is 7.73. The standard InChI is InChI=1S/C18H18N2O3S/c1-4-20-16(21)14-9-12-7-5-6-8-13(12)10-15(14)19-18(20)24-11(2)17(22)23-3/h5-11H,4H2,1-3H3/t11-/m0/s1. The van der Waals surface area contributed by atoms with Crippen molar-refractivity contribution in [1.29, 1.82) is 0 Å². The fourth-order valence-electron chi connectivity index (χ4n) is 2.63. The van der Waals surface area contributed by atoms with Crippen molar-refractivity contribution in [2.24, 2.45) is 0 Å². The lowest BCUT2D eigenvalue weighted by atomic mass is 10.1. The summed E-state index contributed by atoms with van der Waals surface area (Å²) < 4.78 is 6.36. The molecular weight excluding hydrogens is 324 g/mol. The average molecular weight is 342 g/mol. The zero-order chi connectivity index (χ0) is 17.3. The van der Waals surface area contributed by atoms with E-state index < -0.39 is 5.25 Å². The van der Waals surface area contributed by atoms with Crippen LogP contribution in [0.25, 0.3) is 21.7 Å². The summed E-state index contributed by atoms with van der Waals surface area (Å²) in [5, 5.41) is 2.73. The molecule has 0 fully saturated rings. The molecule has 5 nitrogen and oxygen atoms in total. The number of hydrogen-bond acceptors (Lipinski definition) is 5. The van der Waals surface area contributed by atoms with Crippen molar-refractivity contribution in [2.45, 2.75) is 30.8 Å². The van der Waals surface area contributed by atoms with Gasteiger partial charge >= 0.3 is 5.97 Å². The molecule has 0 aliphatic carbocycles. The van der Waals surface area contributed by atoms with Crippen molar-refractivity contribution >= 4 is 39.4 Å². The Morgan fingerprint density at radius 2 is 1.96 bits per heavy atom. The van der Waals surface area contributed by atoms with E-state index in [2.05, 4.69) is 4.98 Å². The van der Waals surface area contributed by atoms with E-state index in [9.17, 15) is 9.59 Å². The summed E-state index contributed by atoms with van der Waals surface area (Å²) in [4.78, 5) is 29.2. The molecule has 0 N–H and O–H groups in total. The normalized spacial score (nSPS) is 12.5. The molecule has 24 heavy (non-hydrogen) atoms. The van der Waals surface area contributed by atoms with Crippen LogP contribution in [0.1, 0.15) is 13.8 Å². The van der Waals surface area contributed by atoms with Crippen LogP contribution in [0, 0.1) is 0 Å². The number of rotatable bonds is 4. The quantitative estimate of drug-likeness (QED) is 0.315. The number of aromatic nitrogens is 2. The Kier molecular flexibility index (Phi) is 4.57. The van der Waals surface area contributed by atoms with Gasteiger partial charge in [0.15, 0.2) is 5.16 Å². The van der Waals surface area contributed by atoms with Gasteiger partial charge in [0, 0.05) is 6.54 Å². The number of ether oxygens (including phenoxy) is 1. The lowest BCUT2D eigenvalue weighted by Gasteiger charge is -2.14. The Bertz CT molecular complexity index is 981. The molecule has 2 aromatic carbocycles. The third-order valence-electron chi connectivity index (χ3n) is 3.92. The lowest BCUT2D eigenvalue weighted by Crippen LogP contribution is -2.24. The Morgan fingerprint density at radius 1 is 1.29 bits per heavy atom. The summed E-state index contributed by atoms with van der Waals surface area (Å²) >= 11 is 1.24. The van der Waals surface area contributed by atoms with Crippen LogP contribution in [0.5, 0.6) is 0 Å². The second-order valence-electron chi connectivity index (χ2n) is 5.44. The topological polar surface area (TPSA) is 61.2 Å². The number of carbonyl (C=O) groups is 1. The molecule has 1 atom stereocenters. The predicted molar refractivity (Wildman–Crippen MR) is 96.5 cm³/mol. The van der Waals surface area contributed by atoms with Gasteiger partial charge in [-0.1, -0.05) is 36.0 Å². The van der Waals surface area contributed by atoms with E-state index in [0.717, 1.165) is 10.8 Å². The molecule has 0 unspecified atom stereocenters. The van der Waals surface area contributed by atoms with Gasteiger partial charge in [-0.05, 0) is 36.8 Å². The third kappa shape index (κ3) is 2.89. The predicted octanol–water partition coefficient (Wildman–Crippen LogP) is 3.22. The van der Waals surface area contributed by atoms with Crippen molar-refractivity contribution in [3.8, 4) is 0 Å². The number of carbonyl (C=O) groups excluding carboxylic acids is 1. The maximum Gasteiger partial charge on any atom is 0.318 e. The third-order valence-corrected chi connectivity index (χ3v) is 4.99.